The minimum Gasteiger partial charge on any atom is -0.364 e. The normalized spacial score (nSPS) is 30.5. The standard InChI is InChI=1S/C15H20BrClN2/c1-18-11-8-12-3-2-4-13(9-11)19(12)15-6-5-10(16)7-14(15)17/h5-7,11-13,18H,2-4,8-9H2,1H3. The zero-order valence-corrected chi connectivity index (χ0v) is 13.5. The number of anilines is 1. The van der Waals surface area contributed by atoms with E-state index in [4.69, 9.17) is 11.6 Å². The van der Waals surface area contributed by atoms with E-state index in [0.29, 0.717) is 18.1 Å². The van der Waals surface area contributed by atoms with Gasteiger partial charge in [-0.15, -0.1) is 0 Å². The van der Waals surface area contributed by atoms with Gasteiger partial charge in [-0.1, -0.05) is 27.5 Å². The van der Waals surface area contributed by atoms with Crippen LogP contribution in [0.3, 0.4) is 0 Å². The van der Waals surface area contributed by atoms with Crippen LogP contribution in [0.5, 0.6) is 0 Å². The molecule has 2 bridgehead atoms. The summed E-state index contributed by atoms with van der Waals surface area (Å²) in [7, 11) is 2.09. The van der Waals surface area contributed by atoms with E-state index in [-0.39, 0.29) is 0 Å². The van der Waals surface area contributed by atoms with Crippen LogP contribution in [0.25, 0.3) is 0 Å². The number of nitrogens with zero attached hydrogens (tertiary/aromatic N) is 1. The lowest BCUT2D eigenvalue weighted by Gasteiger charge is -2.50. The third-order valence-electron chi connectivity index (χ3n) is 4.57. The Morgan fingerprint density at radius 3 is 2.53 bits per heavy atom. The van der Waals surface area contributed by atoms with Crippen LogP contribution in [-0.4, -0.2) is 25.2 Å². The van der Waals surface area contributed by atoms with Gasteiger partial charge in [0.25, 0.3) is 0 Å². The molecule has 2 saturated heterocycles. The van der Waals surface area contributed by atoms with Gasteiger partial charge in [-0.25, -0.2) is 0 Å². The van der Waals surface area contributed by atoms with Crippen LogP contribution in [-0.2, 0) is 0 Å². The first-order chi connectivity index (χ1) is 9.19. The highest BCUT2D eigenvalue weighted by molar-refractivity contribution is 9.10. The Labute approximate surface area is 128 Å². The van der Waals surface area contributed by atoms with E-state index in [0.717, 1.165) is 9.50 Å². The zero-order valence-electron chi connectivity index (χ0n) is 11.2. The molecule has 2 fully saturated rings. The van der Waals surface area contributed by atoms with Crippen molar-refractivity contribution in [2.45, 2.75) is 50.2 Å². The average molecular weight is 344 g/mol. The zero-order chi connectivity index (χ0) is 13.4. The molecular formula is C15H20BrClN2. The summed E-state index contributed by atoms with van der Waals surface area (Å²) in [4.78, 5) is 2.59. The van der Waals surface area contributed by atoms with E-state index >= 15 is 0 Å². The molecule has 2 nitrogen and oxygen atoms in total. The third kappa shape index (κ3) is 2.65. The summed E-state index contributed by atoms with van der Waals surface area (Å²) in [6.45, 7) is 0. The minimum atomic E-state index is 0.642. The fourth-order valence-corrected chi connectivity index (χ4v) is 4.47. The lowest BCUT2D eigenvalue weighted by Crippen LogP contribution is -2.56. The molecule has 0 spiro atoms. The number of nitrogens with one attached hydrogen (secondary N) is 1. The fraction of sp³-hybridized carbons (Fsp3) is 0.600. The Morgan fingerprint density at radius 2 is 1.95 bits per heavy atom. The van der Waals surface area contributed by atoms with Crippen molar-refractivity contribution in [3.8, 4) is 0 Å². The van der Waals surface area contributed by atoms with Crippen molar-refractivity contribution in [3.63, 3.8) is 0 Å². The van der Waals surface area contributed by atoms with E-state index in [1.54, 1.807) is 0 Å². The maximum absolute atomic E-state index is 6.46. The van der Waals surface area contributed by atoms with Gasteiger partial charge < -0.3 is 10.2 Å². The van der Waals surface area contributed by atoms with Crippen LogP contribution >= 0.6 is 27.5 Å². The first kappa shape index (κ1) is 13.7. The lowest BCUT2D eigenvalue weighted by molar-refractivity contribution is 0.252. The van der Waals surface area contributed by atoms with E-state index < -0.39 is 0 Å². The summed E-state index contributed by atoms with van der Waals surface area (Å²) in [5.41, 5.74) is 1.22. The SMILES string of the molecule is CNC1CC2CCCC(C1)N2c1ccc(Br)cc1Cl. The molecule has 1 aromatic carbocycles. The van der Waals surface area contributed by atoms with E-state index in [1.807, 2.05) is 6.07 Å². The van der Waals surface area contributed by atoms with Gasteiger partial charge in [0.05, 0.1) is 10.7 Å². The molecule has 0 aromatic heterocycles. The quantitative estimate of drug-likeness (QED) is 0.865. The van der Waals surface area contributed by atoms with Crippen molar-refractivity contribution >= 4 is 33.2 Å². The molecule has 0 aliphatic carbocycles. The van der Waals surface area contributed by atoms with Gasteiger partial charge >= 0.3 is 0 Å². The monoisotopic (exact) mass is 342 g/mol. The molecule has 0 radical (unpaired) electrons. The van der Waals surface area contributed by atoms with Gasteiger partial charge in [0.15, 0.2) is 0 Å². The minimum absolute atomic E-state index is 0.642. The molecule has 104 valence electrons. The maximum Gasteiger partial charge on any atom is 0.0650 e. The van der Waals surface area contributed by atoms with Crippen LogP contribution in [0.1, 0.15) is 32.1 Å². The number of halogens is 2. The van der Waals surface area contributed by atoms with Gasteiger partial charge in [0, 0.05) is 22.6 Å². The second-order valence-corrected chi connectivity index (χ2v) is 7.02. The molecule has 1 N–H and O–H groups in total. The van der Waals surface area contributed by atoms with Crippen molar-refractivity contribution in [1.82, 2.24) is 5.32 Å². The van der Waals surface area contributed by atoms with Crippen molar-refractivity contribution < 1.29 is 0 Å². The van der Waals surface area contributed by atoms with Crippen molar-refractivity contribution in [2.24, 2.45) is 0 Å². The second kappa shape index (κ2) is 5.63. The van der Waals surface area contributed by atoms with Gasteiger partial charge in [-0.2, -0.15) is 0 Å². The Morgan fingerprint density at radius 1 is 1.26 bits per heavy atom. The molecule has 19 heavy (non-hydrogen) atoms. The summed E-state index contributed by atoms with van der Waals surface area (Å²) in [5, 5.41) is 4.33. The molecule has 2 atom stereocenters. The van der Waals surface area contributed by atoms with Crippen LogP contribution in [0, 0.1) is 0 Å². The summed E-state index contributed by atoms with van der Waals surface area (Å²) in [5.74, 6) is 0. The number of benzene rings is 1. The summed E-state index contributed by atoms with van der Waals surface area (Å²) in [6.07, 6.45) is 6.41. The molecule has 1 aromatic rings. The van der Waals surface area contributed by atoms with Gasteiger partial charge in [0.2, 0.25) is 0 Å². The number of piperidine rings is 2. The van der Waals surface area contributed by atoms with E-state index in [9.17, 15) is 0 Å². The van der Waals surface area contributed by atoms with E-state index in [1.165, 1.54) is 37.8 Å². The highest BCUT2D eigenvalue weighted by Gasteiger charge is 2.38. The maximum atomic E-state index is 6.46. The number of hydrogen-bond acceptors (Lipinski definition) is 2. The molecule has 4 heteroatoms. The van der Waals surface area contributed by atoms with Crippen LogP contribution in [0.15, 0.2) is 22.7 Å². The van der Waals surface area contributed by atoms with Crippen molar-refractivity contribution in [2.75, 3.05) is 11.9 Å². The van der Waals surface area contributed by atoms with Crippen LogP contribution < -0.4 is 10.2 Å². The van der Waals surface area contributed by atoms with Crippen molar-refractivity contribution in [3.05, 3.63) is 27.7 Å². The molecule has 2 aliphatic rings. The summed E-state index contributed by atoms with van der Waals surface area (Å²) >= 11 is 9.95. The topological polar surface area (TPSA) is 15.3 Å². The molecule has 0 amide bonds. The van der Waals surface area contributed by atoms with Crippen LogP contribution in [0.2, 0.25) is 5.02 Å². The van der Waals surface area contributed by atoms with Gasteiger partial charge in [0.1, 0.15) is 0 Å². The number of fused-ring (bicyclic) bond motifs is 2. The number of hydrogen-bond donors (Lipinski definition) is 1. The molecule has 2 unspecified atom stereocenters. The Hall–Kier alpha value is -0.250. The van der Waals surface area contributed by atoms with Gasteiger partial charge in [-0.3, -0.25) is 0 Å². The third-order valence-corrected chi connectivity index (χ3v) is 5.37. The Kier molecular flexibility index (Phi) is 4.06. The predicted molar refractivity (Wildman–Crippen MR) is 85.1 cm³/mol. The van der Waals surface area contributed by atoms with Crippen molar-refractivity contribution in [1.29, 1.82) is 0 Å². The first-order valence-corrected chi connectivity index (χ1v) is 8.27. The van der Waals surface area contributed by atoms with Crippen LogP contribution in [0.4, 0.5) is 5.69 Å². The number of rotatable bonds is 2. The van der Waals surface area contributed by atoms with Gasteiger partial charge in [-0.05, 0) is 57.4 Å². The fourth-order valence-electron chi connectivity index (χ4n) is 3.70. The summed E-state index contributed by atoms with van der Waals surface area (Å²) < 4.78 is 1.05. The lowest BCUT2D eigenvalue weighted by atomic mass is 9.81. The molecule has 2 heterocycles. The molecular weight excluding hydrogens is 324 g/mol. The first-order valence-electron chi connectivity index (χ1n) is 7.09. The Bertz CT molecular complexity index is 451. The largest absolute Gasteiger partial charge is 0.364 e. The highest BCUT2D eigenvalue weighted by Crippen LogP contribution is 2.41. The smallest absolute Gasteiger partial charge is 0.0650 e. The Balaban J connectivity index is 1.91. The molecule has 0 saturated carbocycles. The highest BCUT2D eigenvalue weighted by atomic mass is 79.9. The average Bonchev–Trinajstić information content (AvgIpc) is 2.37. The predicted octanol–water partition coefficient (Wildman–Crippen LogP) is 4.21. The molecule has 2 aliphatic heterocycles. The summed E-state index contributed by atoms with van der Waals surface area (Å²) in [6, 6.07) is 8.22. The van der Waals surface area contributed by atoms with E-state index in [2.05, 4.69) is 45.3 Å². The second-order valence-electron chi connectivity index (χ2n) is 5.70. The molecule has 3 rings (SSSR count).